The third-order valence-corrected chi connectivity index (χ3v) is 4.62. The lowest BCUT2D eigenvalue weighted by Crippen LogP contribution is -2.25. The molecule has 0 radical (unpaired) electrons. The van der Waals surface area contributed by atoms with Gasteiger partial charge in [0.2, 0.25) is 0 Å². The lowest BCUT2D eigenvalue weighted by atomic mass is 10.00. The van der Waals surface area contributed by atoms with Crippen molar-refractivity contribution >= 4 is 11.6 Å². The maximum atomic E-state index is 5.94. The first-order chi connectivity index (χ1) is 11.8. The van der Waals surface area contributed by atoms with Crippen molar-refractivity contribution in [3.63, 3.8) is 0 Å². The maximum absolute atomic E-state index is 5.94. The van der Waals surface area contributed by atoms with E-state index in [0.29, 0.717) is 13.2 Å². The Morgan fingerprint density at radius 3 is 2.21 bits per heavy atom. The van der Waals surface area contributed by atoms with Crippen LogP contribution in [-0.4, -0.2) is 13.2 Å². The van der Waals surface area contributed by atoms with Crippen LogP contribution >= 0.6 is 11.6 Å². The second-order valence-corrected chi connectivity index (χ2v) is 6.61. The van der Waals surface area contributed by atoms with E-state index in [1.807, 2.05) is 30.3 Å². The SMILES string of the molecule is C=CCCCc1ccc(C2OCC(c3ccc(Cl)cc3)CO2)cc1. The largest absolute Gasteiger partial charge is 0.348 e. The van der Waals surface area contributed by atoms with Gasteiger partial charge in [0, 0.05) is 16.5 Å². The van der Waals surface area contributed by atoms with Gasteiger partial charge in [-0.3, -0.25) is 0 Å². The van der Waals surface area contributed by atoms with Gasteiger partial charge in [-0.05, 0) is 42.5 Å². The van der Waals surface area contributed by atoms with Gasteiger partial charge in [-0.2, -0.15) is 0 Å². The summed E-state index contributed by atoms with van der Waals surface area (Å²) in [5.41, 5.74) is 3.63. The predicted octanol–water partition coefficient (Wildman–Crippen LogP) is 5.68. The fourth-order valence-corrected chi connectivity index (χ4v) is 3.04. The van der Waals surface area contributed by atoms with Gasteiger partial charge < -0.3 is 9.47 Å². The van der Waals surface area contributed by atoms with Crippen molar-refractivity contribution in [2.75, 3.05) is 13.2 Å². The van der Waals surface area contributed by atoms with E-state index < -0.39 is 0 Å². The average Bonchev–Trinajstić information content (AvgIpc) is 2.63. The summed E-state index contributed by atoms with van der Waals surface area (Å²) in [7, 11) is 0. The molecule has 2 aromatic rings. The monoisotopic (exact) mass is 342 g/mol. The van der Waals surface area contributed by atoms with Gasteiger partial charge in [-0.25, -0.2) is 0 Å². The molecule has 1 saturated heterocycles. The zero-order chi connectivity index (χ0) is 16.8. The lowest BCUT2D eigenvalue weighted by Gasteiger charge is -2.30. The van der Waals surface area contributed by atoms with Crippen LogP contribution in [0.1, 0.15) is 41.7 Å². The summed E-state index contributed by atoms with van der Waals surface area (Å²) in [6, 6.07) is 16.4. The van der Waals surface area contributed by atoms with Gasteiger partial charge in [-0.15, -0.1) is 6.58 Å². The van der Waals surface area contributed by atoms with Crippen LogP contribution in [-0.2, 0) is 15.9 Å². The molecule has 1 heterocycles. The number of benzene rings is 2. The quantitative estimate of drug-likeness (QED) is 0.497. The molecule has 0 amide bonds. The minimum atomic E-state index is -0.268. The summed E-state index contributed by atoms with van der Waals surface area (Å²) in [6.07, 6.45) is 4.98. The van der Waals surface area contributed by atoms with Gasteiger partial charge in [0.1, 0.15) is 0 Å². The minimum absolute atomic E-state index is 0.261. The lowest BCUT2D eigenvalue weighted by molar-refractivity contribution is -0.191. The Morgan fingerprint density at radius 1 is 0.958 bits per heavy atom. The molecule has 0 aliphatic carbocycles. The molecule has 1 fully saturated rings. The minimum Gasteiger partial charge on any atom is -0.348 e. The number of aryl methyl sites for hydroxylation is 1. The Bertz CT molecular complexity index is 641. The summed E-state index contributed by atoms with van der Waals surface area (Å²) >= 11 is 5.94. The number of hydrogen-bond donors (Lipinski definition) is 0. The molecular weight excluding hydrogens is 320 g/mol. The van der Waals surface area contributed by atoms with Crippen molar-refractivity contribution in [1.29, 1.82) is 0 Å². The average molecular weight is 343 g/mol. The van der Waals surface area contributed by atoms with Gasteiger partial charge in [-0.1, -0.05) is 54.1 Å². The van der Waals surface area contributed by atoms with Crippen LogP contribution in [0, 0.1) is 0 Å². The van der Waals surface area contributed by atoms with E-state index in [0.717, 1.165) is 29.8 Å². The second kappa shape index (κ2) is 8.48. The van der Waals surface area contributed by atoms with Gasteiger partial charge in [0.05, 0.1) is 13.2 Å². The Morgan fingerprint density at radius 2 is 1.58 bits per heavy atom. The molecule has 1 aliphatic rings. The molecule has 3 heteroatoms. The number of halogens is 1. The highest BCUT2D eigenvalue weighted by Crippen LogP contribution is 2.30. The molecule has 2 aromatic carbocycles. The molecule has 126 valence electrons. The van der Waals surface area contributed by atoms with Gasteiger partial charge in [0.25, 0.3) is 0 Å². The standard InChI is InChI=1S/C21H23ClO2/c1-2-3-4-5-16-6-8-18(9-7-16)21-23-14-19(15-24-21)17-10-12-20(22)13-11-17/h2,6-13,19,21H,1,3-5,14-15H2. The van der Waals surface area contributed by atoms with E-state index in [-0.39, 0.29) is 12.2 Å². The van der Waals surface area contributed by atoms with Gasteiger partial charge >= 0.3 is 0 Å². The fourth-order valence-electron chi connectivity index (χ4n) is 2.92. The normalized spacial score (nSPS) is 20.7. The van der Waals surface area contributed by atoms with Crippen molar-refractivity contribution in [2.24, 2.45) is 0 Å². The molecule has 0 atom stereocenters. The van der Waals surface area contributed by atoms with Crippen LogP contribution in [0.2, 0.25) is 5.02 Å². The zero-order valence-electron chi connectivity index (χ0n) is 13.8. The van der Waals surface area contributed by atoms with Crippen LogP contribution < -0.4 is 0 Å². The van der Waals surface area contributed by atoms with Crippen molar-refractivity contribution in [1.82, 2.24) is 0 Å². The molecule has 0 bridgehead atoms. The van der Waals surface area contributed by atoms with Crippen molar-refractivity contribution < 1.29 is 9.47 Å². The third kappa shape index (κ3) is 4.47. The van der Waals surface area contributed by atoms with E-state index in [1.165, 1.54) is 11.1 Å². The number of unbranched alkanes of at least 4 members (excludes halogenated alkanes) is 1. The van der Waals surface area contributed by atoms with Crippen molar-refractivity contribution in [2.45, 2.75) is 31.5 Å². The highest BCUT2D eigenvalue weighted by atomic mass is 35.5. The Kier molecular flexibility index (Phi) is 6.08. The summed E-state index contributed by atoms with van der Waals surface area (Å²) in [5, 5.41) is 0.752. The zero-order valence-corrected chi connectivity index (χ0v) is 14.5. The first-order valence-electron chi connectivity index (χ1n) is 8.44. The highest BCUT2D eigenvalue weighted by Gasteiger charge is 2.24. The first-order valence-corrected chi connectivity index (χ1v) is 8.82. The number of ether oxygens (including phenoxy) is 2. The van der Waals surface area contributed by atoms with E-state index in [9.17, 15) is 0 Å². The van der Waals surface area contributed by atoms with Gasteiger partial charge in [0.15, 0.2) is 6.29 Å². The van der Waals surface area contributed by atoms with Crippen LogP contribution in [0.3, 0.4) is 0 Å². The topological polar surface area (TPSA) is 18.5 Å². The molecule has 0 aromatic heterocycles. The molecule has 1 aliphatic heterocycles. The smallest absolute Gasteiger partial charge is 0.183 e. The number of hydrogen-bond acceptors (Lipinski definition) is 2. The Hall–Kier alpha value is -1.61. The third-order valence-electron chi connectivity index (χ3n) is 4.36. The van der Waals surface area contributed by atoms with Crippen LogP contribution in [0.15, 0.2) is 61.2 Å². The molecule has 0 unspecified atom stereocenters. The van der Waals surface area contributed by atoms with E-state index >= 15 is 0 Å². The van der Waals surface area contributed by atoms with Crippen molar-refractivity contribution in [3.8, 4) is 0 Å². The number of rotatable bonds is 6. The Balaban J connectivity index is 1.54. The molecule has 2 nitrogen and oxygen atoms in total. The summed E-state index contributed by atoms with van der Waals surface area (Å²) in [4.78, 5) is 0. The fraction of sp³-hybridized carbons (Fsp3) is 0.333. The van der Waals surface area contributed by atoms with Crippen LogP contribution in [0.25, 0.3) is 0 Å². The summed E-state index contributed by atoms with van der Waals surface area (Å²) in [6.45, 7) is 5.08. The maximum Gasteiger partial charge on any atom is 0.183 e. The first kappa shape index (κ1) is 17.2. The Labute approximate surface area is 149 Å². The summed E-state index contributed by atoms with van der Waals surface area (Å²) < 4.78 is 11.9. The van der Waals surface area contributed by atoms with Crippen molar-refractivity contribution in [3.05, 3.63) is 82.9 Å². The highest BCUT2D eigenvalue weighted by molar-refractivity contribution is 6.30. The molecule has 0 saturated carbocycles. The molecular formula is C21H23ClO2. The van der Waals surface area contributed by atoms with Crippen LogP contribution in [0.4, 0.5) is 0 Å². The van der Waals surface area contributed by atoms with E-state index in [1.54, 1.807) is 0 Å². The summed E-state index contributed by atoms with van der Waals surface area (Å²) in [5.74, 6) is 0.261. The van der Waals surface area contributed by atoms with E-state index in [2.05, 4.69) is 30.8 Å². The van der Waals surface area contributed by atoms with E-state index in [4.69, 9.17) is 21.1 Å². The molecule has 0 N–H and O–H groups in total. The molecule has 0 spiro atoms. The predicted molar refractivity (Wildman–Crippen MR) is 98.4 cm³/mol. The second-order valence-electron chi connectivity index (χ2n) is 6.17. The van der Waals surface area contributed by atoms with Crippen LogP contribution in [0.5, 0.6) is 0 Å². The molecule has 3 rings (SSSR count). The molecule has 24 heavy (non-hydrogen) atoms. The number of allylic oxidation sites excluding steroid dienone is 1.